The molecule has 0 spiro atoms. The summed E-state index contributed by atoms with van der Waals surface area (Å²) >= 11 is 0. The molecule has 1 aromatic heterocycles. The van der Waals surface area contributed by atoms with Gasteiger partial charge in [-0.1, -0.05) is 0 Å². The molecule has 2 N–H and O–H groups in total. The Morgan fingerprint density at radius 3 is 2.44 bits per heavy atom. The van der Waals surface area contributed by atoms with E-state index in [0.717, 1.165) is 0 Å². The number of nitriles is 1. The highest BCUT2D eigenvalue weighted by Gasteiger charge is 2.33. The molecule has 1 rings (SSSR count). The molecule has 11 heteroatoms. The lowest BCUT2D eigenvalue weighted by Gasteiger charge is -2.10. The Kier molecular flexibility index (Phi) is 3.59. The van der Waals surface area contributed by atoms with Crippen LogP contribution < -0.4 is 10.5 Å². The predicted octanol–water partition coefficient (Wildman–Crippen LogP) is 1.36. The van der Waals surface area contributed by atoms with E-state index >= 15 is 0 Å². The summed E-state index contributed by atoms with van der Waals surface area (Å²) in [7, 11) is 0.519. The quantitative estimate of drug-likeness (QED) is 0.827. The SMILES string of the molecule is N#Cc1nc(OC(F)(F)F)cc(S(=O)(=O)Cl)c1N. The first-order valence-corrected chi connectivity index (χ1v) is 6.26. The monoisotopic (exact) mass is 301 g/mol. The van der Waals surface area contributed by atoms with Crippen molar-refractivity contribution < 1.29 is 26.3 Å². The summed E-state index contributed by atoms with van der Waals surface area (Å²) in [4.78, 5) is 2.22. The Bertz CT molecular complexity index is 623. The molecule has 1 aromatic rings. The summed E-state index contributed by atoms with van der Waals surface area (Å²) in [6.45, 7) is 0. The Labute approximate surface area is 103 Å². The number of rotatable bonds is 2. The fourth-order valence-electron chi connectivity index (χ4n) is 0.967. The van der Waals surface area contributed by atoms with Crippen LogP contribution in [0.2, 0.25) is 0 Å². The van der Waals surface area contributed by atoms with E-state index in [1.807, 2.05) is 0 Å². The van der Waals surface area contributed by atoms with Gasteiger partial charge in [-0.15, -0.1) is 13.2 Å². The average Bonchev–Trinajstić information content (AvgIpc) is 2.16. The molecule has 1 heterocycles. The molecular weight excluding hydrogens is 299 g/mol. The third kappa shape index (κ3) is 3.38. The molecule has 0 saturated heterocycles. The highest BCUT2D eigenvalue weighted by Crippen LogP contribution is 2.30. The number of hydrogen-bond donors (Lipinski definition) is 1. The van der Waals surface area contributed by atoms with E-state index in [1.165, 1.54) is 6.07 Å². The number of nitrogens with two attached hydrogens (primary N) is 1. The number of aromatic nitrogens is 1. The molecule has 0 aliphatic heterocycles. The normalized spacial score (nSPS) is 11.9. The topological polar surface area (TPSA) is 106 Å². The van der Waals surface area contributed by atoms with Crippen molar-refractivity contribution in [1.82, 2.24) is 4.98 Å². The number of halogens is 4. The minimum Gasteiger partial charge on any atom is -0.395 e. The lowest BCUT2D eigenvalue weighted by molar-refractivity contribution is -0.276. The number of ether oxygens (including phenoxy) is 1. The van der Waals surface area contributed by atoms with E-state index in [0.29, 0.717) is 6.07 Å². The zero-order valence-corrected chi connectivity index (χ0v) is 9.77. The average molecular weight is 302 g/mol. The maximum absolute atomic E-state index is 11.9. The van der Waals surface area contributed by atoms with Crippen molar-refractivity contribution >= 4 is 25.4 Å². The van der Waals surface area contributed by atoms with Gasteiger partial charge in [-0.3, -0.25) is 0 Å². The van der Waals surface area contributed by atoms with E-state index in [4.69, 9.17) is 21.7 Å². The molecule has 0 aliphatic rings. The summed E-state index contributed by atoms with van der Waals surface area (Å²) in [5, 5.41) is 8.56. The smallest absolute Gasteiger partial charge is 0.395 e. The number of alkyl halides is 3. The summed E-state index contributed by atoms with van der Waals surface area (Å²) in [5.41, 5.74) is 3.84. The zero-order chi connectivity index (χ0) is 14.1. The maximum atomic E-state index is 11.9. The van der Waals surface area contributed by atoms with E-state index in [-0.39, 0.29) is 0 Å². The minimum absolute atomic E-state index is 0.381. The van der Waals surface area contributed by atoms with Crippen LogP contribution >= 0.6 is 10.7 Å². The minimum atomic E-state index is -5.09. The lowest BCUT2D eigenvalue weighted by atomic mass is 10.3. The number of nitrogens with zero attached hydrogens (tertiary/aromatic N) is 2. The van der Waals surface area contributed by atoms with E-state index < -0.39 is 37.6 Å². The van der Waals surface area contributed by atoms with Gasteiger partial charge in [0.25, 0.3) is 9.05 Å². The van der Waals surface area contributed by atoms with Crippen molar-refractivity contribution in [1.29, 1.82) is 5.26 Å². The molecule has 0 amide bonds. The zero-order valence-electron chi connectivity index (χ0n) is 8.19. The number of hydrogen-bond acceptors (Lipinski definition) is 6. The standard InChI is InChI=1S/C7H3ClF3N3O3S/c8-18(15,16)4-1-5(17-7(9,10)11)14-3(2-12)6(4)13/h1H,13H2. The Morgan fingerprint density at radius 2 is 2.06 bits per heavy atom. The fourth-order valence-corrected chi connectivity index (χ4v) is 1.95. The van der Waals surface area contributed by atoms with Crippen LogP contribution in [-0.2, 0) is 9.05 Å². The van der Waals surface area contributed by atoms with Gasteiger partial charge in [0, 0.05) is 16.7 Å². The van der Waals surface area contributed by atoms with Gasteiger partial charge in [0.2, 0.25) is 5.88 Å². The van der Waals surface area contributed by atoms with Crippen molar-refractivity contribution in [2.45, 2.75) is 11.3 Å². The van der Waals surface area contributed by atoms with E-state index in [1.54, 1.807) is 0 Å². The highest BCUT2D eigenvalue weighted by molar-refractivity contribution is 8.13. The molecule has 0 atom stereocenters. The third-order valence-electron chi connectivity index (χ3n) is 1.59. The van der Waals surface area contributed by atoms with Gasteiger partial charge < -0.3 is 10.5 Å². The Hall–Kier alpha value is -1.73. The maximum Gasteiger partial charge on any atom is 0.574 e. The van der Waals surface area contributed by atoms with Crippen molar-refractivity contribution in [3.8, 4) is 11.9 Å². The first kappa shape index (κ1) is 14.3. The number of nitrogen functional groups attached to an aromatic ring is 1. The van der Waals surface area contributed by atoms with Crippen LogP contribution in [0, 0.1) is 11.3 Å². The molecule has 0 saturated carbocycles. The van der Waals surface area contributed by atoms with E-state index in [2.05, 4.69) is 9.72 Å². The van der Waals surface area contributed by atoms with Crippen LogP contribution in [0.3, 0.4) is 0 Å². The van der Waals surface area contributed by atoms with Gasteiger partial charge in [-0.25, -0.2) is 13.4 Å². The van der Waals surface area contributed by atoms with Crippen LogP contribution in [0.1, 0.15) is 5.69 Å². The van der Waals surface area contributed by atoms with Gasteiger partial charge in [-0.2, -0.15) is 5.26 Å². The highest BCUT2D eigenvalue weighted by atomic mass is 35.7. The van der Waals surface area contributed by atoms with Crippen molar-refractivity contribution in [2.75, 3.05) is 5.73 Å². The van der Waals surface area contributed by atoms with Gasteiger partial charge in [-0.05, 0) is 0 Å². The summed E-state index contributed by atoms with van der Waals surface area (Å²) in [6.07, 6.45) is -5.09. The van der Waals surface area contributed by atoms with E-state index in [9.17, 15) is 21.6 Å². The Morgan fingerprint density at radius 1 is 1.50 bits per heavy atom. The Balaban J connectivity index is 3.47. The molecule has 0 radical (unpaired) electrons. The predicted molar refractivity (Wildman–Crippen MR) is 53.1 cm³/mol. The van der Waals surface area contributed by atoms with Crippen molar-refractivity contribution in [2.24, 2.45) is 0 Å². The number of anilines is 1. The number of pyridine rings is 1. The molecule has 98 valence electrons. The summed E-state index contributed by atoms with van der Waals surface area (Å²) in [6, 6.07) is 1.71. The van der Waals surface area contributed by atoms with Crippen LogP contribution in [0.4, 0.5) is 18.9 Å². The second-order valence-electron chi connectivity index (χ2n) is 2.82. The molecule has 0 aromatic carbocycles. The first-order chi connectivity index (χ1) is 8.04. The third-order valence-corrected chi connectivity index (χ3v) is 2.95. The largest absolute Gasteiger partial charge is 0.574 e. The van der Waals surface area contributed by atoms with Gasteiger partial charge >= 0.3 is 6.36 Å². The second kappa shape index (κ2) is 4.51. The second-order valence-corrected chi connectivity index (χ2v) is 5.35. The van der Waals surface area contributed by atoms with Gasteiger partial charge in [0.05, 0.1) is 5.69 Å². The molecule has 6 nitrogen and oxygen atoms in total. The van der Waals surface area contributed by atoms with Crippen molar-refractivity contribution in [3.63, 3.8) is 0 Å². The summed E-state index contributed by atoms with van der Waals surface area (Å²) in [5.74, 6) is -1.15. The molecule has 0 bridgehead atoms. The first-order valence-electron chi connectivity index (χ1n) is 3.95. The molecule has 18 heavy (non-hydrogen) atoms. The lowest BCUT2D eigenvalue weighted by Crippen LogP contribution is -2.19. The fraction of sp³-hybridized carbons (Fsp3) is 0.143. The van der Waals surface area contributed by atoms with Crippen LogP contribution in [0.5, 0.6) is 5.88 Å². The summed E-state index contributed by atoms with van der Waals surface area (Å²) < 4.78 is 61.3. The van der Waals surface area contributed by atoms with Gasteiger partial charge in [0.15, 0.2) is 5.69 Å². The van der Waals surface area contributed by atoms with Crippen LogP contribution in [0.15, 0.2) is 11.0 Å². The molecular formula is C7H3ClF3N3O3S. The molecule has 0 unspecified atom stereocenters. The van der Waals surface area contributed by atoms with Crippen molar-refractivity contribution in [3.05, 3.63) is 11.8 Å². The van der Waals surface area contributed by atoms with Crippen LogP contribution in [0.25, 0.3) is 0 Å². The van der Waals surface area contributed by atoms with Gasteiger partial charge in [0.1, 0.15) is 11.0 Å². The molecule has 0 aliphatic carbocycles. The molecule has 0 fully saturated rings. The van der Waals surface area contributed by atoms with Crippen LogP contribution in [-0.4, -0.2) is 19.8 Å².